The second kappa shape index (κ2) is 6.29. The molecule has 0 bridgehead atoms. The van der Waals surface area contributed by atoms with Gasteiger partial charge in [-0.3, -0.25) is 0 Å². The minimum absolute atomic E-state index is 0.0414. The Balaban J connectivity index is 2.07. The van der Waals surface area contributed by atoms with Gasteiger partial charge in [0.2, 0.25) is 0 Å². The van der Waals surface area contributed by atoms with Gasteiger partial charge in [-0.25, -0.2) is 27.3 Å². The summed E-state index contributed by atoms with van der Waals surface area (Å²) in [6, 6.07) is 6.03. The molecule has 0 aliphatic rings. The van der Waals surface area contributed by atoms with E-state index < -0.39 is 27.5 Å². The second-order valence-electron chi connectivity index (χ2n) is 4.03. The highest BCUT2D eigenvalue weighted by Gasteiger charge is 2.25. The predicted molar refractivity (Wildman–Crippen MR) is 74.4 cm³/mol. The van der Waals surface area contributed by atoms with Gasteiger partial charge in [0.15, 0.2) is 9.90 Å². The quantitative estimate of drug-likeness (QED) is 0.837. The fourth-order valence-electron chi connectivity index (χ4n) is 1.66. The van der Waals surface area contributed by atoms with Crippen LogP contribution in [-0.4, -0.2) is 31.0 Å². The molecule has 2 N–H and O–H groups in total. The van der Waals surface area contributed by atoms with E-state index >= 15 is 0 Å². The number of nitrogens with one attached hydrogen (secondary N) is 1. The van der Waals surface area contributed by atoms with Crippen molar-refractivity contribution in [2.75, 3.05) is 6.54 Å². The first-order chi connectivity index (χ1) is 9.92. The minimum atomic E-state index is -3.97. The number of hydrogen-bond acceptors (Lipinski definition) is 5. The van der Waals surface area contributed by atoms with Crippen LogP contribution in [0.1, 0.15) is 16.1 Å². The Labute approximate surface area is 124 Å². The fraction of sp³-hybridized carbons (Fsp3) is 0.167. The Bertz CT molecular complexity index is 758. The van der Waals surface area contributed by atoms with Gasteiger partial charge in [0.1, 0.15) is 5.82 Å². The molecule has 0 spiro atoms. The summed E-state index contributed by atoms with van der Waals surface area (Å²) in [4.78, 5) is 14.4. The van der Waals surface area contributed by atoms with E-state index in [2.05, 4.69) is 9.71 Å². The van der Waals surface area contributed by atoms with Gasteiger partial charge in [-0.2, -0.15) is 0 Å². The number of sulfonamides is 1. The number of nitrogens with zero attached hydrogens (tertiary/aromatic N) is 1. The fourth-order valence-corrected chi connectivity index (χ4v) is 3.87. The van der Waals surface area contributed by atoms with Crippen molar-refractivity contribution in [3.05, 3.63) is 46.9 Å². The Kier molecular flexibility index (Phi) is 4.66. The van der Waals surface area contributed by atoms with E-state index in [4.69, 9.17) is 5.11 Å². The summed E-state index contributed by atoms with van der Waals surface area (Å²) in [6.45, 7) is -0.0414. The first-order valence-corrected chi connectivity index (χ1v) is 8.18. The van der Waals surface area contributed by atoms with E-state index in [1.54, 1.807) is 18.2 Å². The van der Waals surface area contributed by atoms with Crippen LogP contribution in [0.3, 0.4) is 0 Å². The number of carboxylic acids is 1. The van der Waals surface area contributed by atoms with E-state index in [9.17, 15) is 17.6 Å². The lowest BCUT2D eigenvalue weighted by Crippen LogP contribution is -2.27. The summed E-state index contributed by atoms with van der Waals surface area (Å²) in [5.74, 6) is -1.83. The molecule has 2 rings (SSSR count). The molecule has 0 aliphatic heterocycles. The molecule has 21 heavy (non-hydrogen) atoms. The maximum Gasteiger partial charge on any atom is 0.356 e. The molecule has 0 atom stereocenters. The van der Waals surface area contributed by atoms with Gasteiger partial charge < -0.3 is 5.11 Å². The van der Waals surface area contributed by atoms with Crippen molar-refractivity contribution in [2.45, 2.75) is 10.6 Å². The summed E-state index contributed by atoms with van der Waals surface area (Å²) in [5.41, 5.74) is 1.01. The molecule has 0 saturated carbocycles. The highest BCUT2D eigenvalue weighted by molar-refractivity contribution is 7.91. The number of rotatable bonds is 6. The maximum absolute atomic E-state index is 13.4. The molecule has 1 aromatic carbocycles. The van der Waals surface area contributed by atoms with Gasteiger partial charge in [-0.1, -0.05) is 18.2 Å². The molecular weight excluding hydrogens is 319 g/mol. The monoisotopic (exact) mass is 330 g/mol. The maximum atomic E-state index is 13.4. The number of hydrogen-bond donors (Lipinski definition) is 2. The average molecular weight is 330 g/mol. The van der Waals surface area contributed by atoms with E-state index in [0.29, 0.717) is 5.56 Å². The van der Waals surface area contributed by atoms with Crippen LogP contribution in [0, 0.1) is 5.82 Å². The first-order valence-electron chi connectivity index (χ1n) is 5.81. The predicted octanol–water partition coefficient (Wildman–Crippen LogP) is 1.50. The van der Waals surface area contributed by atoms with Gasteiger partial charge in [-0.05, 0) is 18.1 Å². The van der Waals surface area contributed by atoms with Crippen LogP contribution in [-0.2, 0) is 16.4 Å². The molecule has 0 fully saturated rings. The van der Waals surface area contributed by atoms with Crippen LogP contribution >= 0.6 is 11.3 Å². The molecule has 9 heteroatoms. The first kappa shape index (κ1) is 15.5. The molecule has 1 aromatic heterocycles. The summed E-state index contributed by atoms with van der Waals surface area (Å²) < 4.78 is 39.3. The van der Waals surface area contributed by atoms with E-state index in [-0.39, 0.29) is 17.2 Å². The van der Waals surface area contributed by atoms with Crippen LogP contribution < -0.4 is 4.72 Å². The zero-order chi connectivity index (χ0) is 15.5. The van der Waals surface area contributed by atoms with Crippen molar-refractivity contribution in [1.82, 2.24) is 9.71 Å². The molecule has 0 saturated heterocycles. The van der Waals surface area contributed by atoms with Crippen molar-refractivity contribution in [2.24, 2.45) is 0 Å². The molecule has 6 nitrogen and oxygen atoms in total. The normalized spacial score (nSPS) is 11.5. The molecule has 0 aliphatic carbocycles. The van der Waals surface area contributed by atoms with Crippen molar-refractivity contribution >= 4 is 27.3 Å². The van der Waals surface area contributed by atoms with Crippen molar-refractivity contribution in [3.8, 4) is 0 Å². The molecule has 0 amide bonds. The molecular formula is C12H11FN2O4S2. The minimum Gasteiger partial charge on any atom is -0.476 e. The number of aromatic carboxylic acids is 1. The van der Waals surface area contributed by atoms with Crippen LogP contribution in [0.25, 0.3) is 0 Å². The van der Waals surface area contributed by atoms with Crippen LogP contribution in [0.4, 0.5) is 4.39 Å². The largest absolute Gasteiger partial charge is 0.476 e. The summed E-state index contributed by atoms with van der Waals surface area (Å²) >= 11 is 0.718. The Morgan fingerprint density at radius 1 is 1.38 bits per heavy atom. The van der Waals surface area contributed by atoms with Crippen molar-refractivity contribution < 1.29 is 22.7 Å². The van der Waals surface area contributed by atoms with Crippen molar-refractivity contribution in [1.29, 1.82) is 0 Å². The number of benzene rings is 1. The lowest BCUT2D eigenvalue weighted by molar-refractivity contribution is 0.0687. The number of carbonyl (C=O) groups is 1. The number of thiazole rings is 1. The lowest BCUT2D eigenvalue weighted by atomic mass is 10.1. The van der Waals surface area contributed by atoms with Gasteiger partial charge >= 0.3 is 5.97 Å². The van der Waals surface area contributed by atoms with Crippen LogP contribution in [0.2, 0.25) is 0 Å². The lowest BCUT2D eigenvalue weighted by Gasteiger charge is -2.06. The Morgan fingerprint density at radius 2 is 2.10 bits per heavy atom. The number of aromatic nitrogens is 1. The van der Waals surface area contributed by atoms with E-state index in [0.717, 1.165) is 16.8 Å². The summed E-state index contributed by atoms with van der Waals surface area (Å²) in [6.07, 6.45) is 0.160. The number of halogens is 1. The summed E-state index contributed by atoms with van der Waals surface area (Å²) in [5, 5.41) is 8.86. The molecule has 1 heterocycles. The molecule has 2 aromatic rings. The van der Waals surface area contributed by atoms with Gasteiger partial charge in [0, 0.05) is 6.54 Å². The Morgan fingerprint density at radius 3 is 2.76 bits per heavy atom. The molecule has 112 valence electrons. The third-order valence-corrected chi connectivity index (χ3v) is 5.46. The third-order valence-electron chi connectivity index (χ3n) is 2.63. The van der Waals surface area contributed by atoms with Crippen molar-refractivity contribution in [3.63, 3.8) is 0 Å². The van der Waals surface area contributed by atoms with Crippen LogP contribution in [0.15, 0.2) is 34.0 Å². The Hall–Kier alpha value is -1.84. The second-order valence-corrected chi connectivity index (χ2v) is 6.85. The summed E-state index contributed by atoms with van der Waals surface area (Å²) in [7, 11) is -3.97. The third kappa shape index (κ3) is 3.63. The topological polar surface area (TPSA) is 96.4 Å². The van der Waals surface area contributed by atoms with Gasteiger partial charge in [0.05, 0.1) is 5.51 Å². The highest BCUT2D eigenvalue weighted by Crippen LogP contribution is 2.19. The molecule has 0 unspecified atom stereocenters. The van der Waals surface area contributed by atoms with Crippen LogP contribution in [0.5, 0.6) is 0 Å². The zero-order valence-electron chi connectivity index (χ0n) is 10.6. The number of carboxylic acid groups (broad SMARTS) is 1. The highest BCUT2D eigenvalue weighted by atomic mass is 32.2. The SMILES string of the molecule is O=C(O)c1ncsc1S(=O)(=O)NCCc1ccccc1F. The van der Waals surface area contributed by atoms with Gasteiger partial charge in [-0.15, -0.1) is 11.3 Å². The van der Waals surface area contributed by atoms with E-state index in [1.807, 2.05) is 0 Å². The molecule has 0 radical (unpaired) electrons. The zero-order valence-corrected chi connectivity index (χ0v) is 12.2. The average Bonchev–Trinajstić information content (AvgIpc) is 2.91. The smallest absolute Gasteiger partial charge is 0.356 e. The van der Waals surface area contributed by atoms with E-state index in [1.165, 1.54) is 6.07 Å². The standard InChI is InChI=1S/C12H11FN2O4S2/c13-9-4-2-1-3-8(9)5-6-15-21(18,19)12-10(11(16)17)14-7-20-12/h1-4,7,15H,5-6H2,(H,16,17). The van der Waals surface area contributed by atoms with Gasteiger partial charge in [0.25, 0.3) is 10.0 Å².